The molecule has 3 aromatic heterocycles. The third-order valence-corrected chi connectivity index (χ3v) is 8.07. The number of halogens is 2. The van der Waals surface area contributed by atoms with Crippen LogP contribution in [0.5, 0.6) is 0 Å². The van der Waals surface area contributed by atoms with Gasteiger partial charge >= 0.3 is 12.1 Å². The van der Waals surface area contributed by atoms with Crippen LogP contribution < -0.4 is 10.6 Å². The van der Waals surface area contributed by atoms with Gasteiger partial charge in [0.1, 0.15) is 11.3 Å². The van der Waals surface area contributed by atoms with E-state index in [1.807, 2.05) is 30.3 Å². The van der Waals surface area contributed by atoms with Crippen molar-refractivity contribution in [3.05, 3.63) is 60.1 Å². The van der Waals surface area contributed by atoms with Crippen molar-refractivity contribution in [1.29, 1.82) is 5.26 Å². The largest absolute Gasteiger partial charge is 0.444 e. The first-order valence-electron chi connectivity index (χ1n) is 14.3. The third kappa shape index (κ3) is 7.61. The Morgan fingerprint density at radius 2 is 2.04 bits per heavy atom. The van der Waals surface area contributed by atoms with Gasteiger partial charge in [-0.15, -0.1) is 11.3 Å². The number of anilines is 1. The number of fused-ring (bicyclic) bond motifs is 1. The summed E-state index contributed by atoms with van der Waals surface area (Å²) in [5.74, 6) is -1.08. The summed E-state index contributed by atoms with van der Waals surface area (Å²) in [5, 5.41) is 15.8. The fraction of sp³-hybridized carbons (Fsp3) is 0.355. The molecule has 0 bridgehead atoms. The van der Waals surface area contributed by atoms with Crippen molar-refractivity contribution in [2.24, 2.45) is 0 Å². The number of nitrogens with one attached hydrogen (secondary N) is 2. The number of pyridine rings is 1. The molecule has 2 N–H and O–H groups in total. The average Bonchev–Trinajstić information content (AvgIpc) is 3.61. The van der Waals surface area contributed by atoms with Gasteiger partial charge in [0.15, 0.2) is 5.82 Å². The lowest BCUT2D eigenvalue weighted by molar-refractivity contribution is 0.0238. The molecule has 1 fully saturated rings. The smallest absolute Gasteiger partial charge is 0.410 e. The number of nitriles is 1. The number of hydrogen-bond donors (Lipinski definition) is 2. The van der Waals surface area contributed by atoms with Gasteiger partial charge < -0.3 is 25.2 Å². The van der Waals surface area contributed by atoms with Crippen LogP contribution in [0.4, 0.5) is 24.3 Å². The number of amides is 3. The van der Waals surface area contributed by atoms with Crippen molar-refractivity contribution in [3.63, 3.8) is 0 Å². The van der Waals surface area contributed by atoms with Crippen molar-refractivity contribution in [1.82, 2.24) is 30.1 Å². The van der Waals surface area contributed by atoms with Crippen LogP contribution in [0.2, 0.25) is 0 Å². The fourth-order valence-corrected chi connectivity index (χ4v) is 6.01. The van der Waals surface area contributed by atoms with Gasteiger partial charge in [-0.2, -0.15) is 9.65 Å². The van der Waals surface area contributed by atoms with Crippen LogP contribution in [-0.2, 0) is 11.3 Å². The van der Waals surface area contributed by atoms with Crippen LogP contribution in [0, 0.1) is 23.1 Å². The number of carbonyl (C=O) groups is 2. The number of hydrogen-bond acceptors (Lipinski definition) is 9. The molecule has 4 heterocycles. The van der Waals surface area contributed by atoms with Crippen LogP contribution in [0.15, 0.2) is 42.7 Å². The highest BCUT2D eigenvalue weighted by atomic mass is 32.1. The molecule has 5 rings (SSSR count). The molecule has 4 aromatic rings. The van der Waals surface area contributed by atoms with E-state index in [1.165, 1.54) is 28.5 Å². The highest BCUT2D eigenvalue weighted by Gasteiger charge is 2.24. The molecule has 0 saturated carbocycles. The lowest BCUT2D eigenvalue weighted by Crippen LogP contribution is -2.37. The number of urea groups is 1. The van der Waals surface area contributed by atoms with E-state index in [0.717, 1.165) is 16.3 Å². The quantitative estimate of drug-likeness (QED) is 0.209. The summed E-state index contributed by atoms with van der Waals surface area (Å²) >= 11 is 1.29. The van der Waals surface area contributed by atoms with Crippen LogP contribution in [0.25, 0.3) is 31.8 Å². The summed E-state index contributed by atoms with van der Waals surface area (Å²) in [7, 11) is 0. The lowest BCUT2D eigenvalue weighted by atomic mass is 10.00. The predicted molar refractivity (Wildman–Crippen MR) is 166 cm³/mol. The second kappa shape index (κ2) is 13.4. The molecule has 234 valence electrons. The zero-order valence-electron chi connectivity index (χ0n) is 25.1. The molecule has 0 radical (unpaired) electrons. The van der Waals surface area contributed by atoms with Gasteiger partial charge in [0, 0.05) is 55.3 Å². The Labute approximate surface area is 262 Å². The van der Waals surface area contributed by atoms with E-state index < -0.39 is 23.5 Å². The summed E-state index contributed by atoms with van der Waals surface area (Å²) < 4.78 is 35.9. The minimum Gasteiger partial charge on any atom is -0.444 e. The van der Waals surface area contributed by atoms with Crippen LogP contribution in [-0.4, -0.2) is 75.2 Å². The SMILES string of the molecule is CC(C)(C)OC(=O)N(CCC#N)Cc1cnc(F)cc1-c1cccc2cc(-c3nc(NCCN4CCNC4=O)ncc3F)sc12. The average molecular weight is 635 g/mol. The normalized spacial score (nSPS) is 13.1. The number of benzene rings is 1. The molecule has 0 atom stereocenters. The topological polar surface area (TPSA) is 136 Å². The Morgan fingerprint density at radius 1 is 1.22 bits per heavy atom. The zero-order valence-corrected chi connectivity index (χ0v) is 25.9. The molecule has 1 saturated heterocycles. The van der Waals surface area contributed by atoms with Gasteiger partial charge in [-0.3, -0.25) is 0 Å². The number of ether oxygens (including phenoxy) is 1. The second-order valence-electron chi connectivity index (χ2n) is 11.3. The molecular weight excluding hydrogens is 602 g/mol. The zero-order chi connectivity index (χ0) is 32.1. The van der Waals surface area contributed by atoms with Gasteiger partial charge in [0.05, 0.1) is 30.1 Å². The molecule has 1 aliphatic rings. The Morgan fingerprint density at radius 3 is 2.78 bits per heavy atom. The van der Waals surface area contributed by atoms with Crippen LogP contribution in [0.3, 0.4) is 0 Å². The van der Waals surface area contributed by atoms with E-state index in [-0.39, 0.29) is 37.2 Å². The van der Waals surface area contributed by atoms with Crippen molar-refractivity contribution < 1.29 is 23.1 Å². The number of aromatic nitrogens is 3. The Balaban J connectivity index is 1.45. The van der Waals surface area contributed by atoms with Crippen molar-refractivity contribution >= 4 is 39.5 Å². The highest BCUT2D eigenvalue weighted by molar-refractivity contribution is 7.22. The Hall–Kier alpha value is -4.90. The first-order valence-corrected chi connectivity index (χ1v) is 15.2. The molecule has 1 aromatic carbocycles. The number of nitrogens with zero attached hydrogens (tertiary/aromatic N) is 6. The molecule has 3 amide bonds. The van der Waals surface area contributed by atoms with Crippen LogP contribution >= 0.6 is 11.3 Å². The van der Waals surface area contributed by atoms with Crippen LogP contribution in [0.1, 0.15) is 32.8 Å². The maximum Gasteiger partial charge on any atom is 0.410 e. The summed E-state index contributed by atoms with van der Waals surface area (Å²) in [5.41, 5.74) is 1.08. The van der Waals surface area contributed by atoms with Gasteiger partial charge in [-0.25, -0.2) is 28.9 Å². The Kier molecular flexibility index (Phi) is 9.38. The van der Waals surface area contributed by atoms with Crippen molar-refractivity contribution in [2.45, 2.75) is 39.3 Å². The molecule has 0 aliphatic carbocycles. The van der Waals surface area contributed by atoms with E-state index in [0.29, 0.717) is 47.7 Å². The van der Waals surface area contributed by atoms with Gasteiger partial charge in [0.25, 0.3) is 0 Å². The lowest BCUT2D eigenvalue weighted by Gasteiger charge is -2.27. The molecule has 45 heavy (non-hydrogen) atoms. The summed E-state index contributed by atoms with van der Waals surface area (Å²) in [6.45, 7) is 7.44. The molecule has 11 nitrogen and oxygen atoms in total. The van der Waals surface area contributed by atoms with E-state index in [2.05, 4.69) is 25.6 Å². The van der Waals surface area contributed by atoms with Crippen molar-refractivity contribution in [2.75, 3.05) is 38.0 Å². The summed E-state index contributed by atoms with van der Waals surface area (Å²) in [4.78, 5) is 40.7. The minimum absolute atomic E-state index is 0.0302. The highest BCUT2D eigenvalue weighted by Crippen LogP contribution is 2.40. The van der Waals surface area contributed by atoms with E-state index in [1.54, 1.807) is 25.7 Å². The molecule has 1 aliphatic heterocycles. The summed E-state index contributed by atoms with van der Waals surface area (Å²) in [6.07, 6.45) is 1.95. The molecular formula is C31H32F2N8O3S. The number of rotatable bonds is 10. The standard InChI is InChI=1S/C31H32F2N8O3S/c1-31(2,3)44-30(43)41(11-5-8-34)18-20-16-37-25(33)15-22(20)21-7-4-6-19-14-24(45-27(19)21)26-23(32)17-38-28(39-26)35-9-12-40-13-10-36-29(40)42/h4,6-7,14-17H,5,9-13,18H2,1-3H3,(H,36,42)(H,35,38,39). The van der Waals surface area contributed by atoms with Gasteiger partial charge in [-0.1, -0.05) is 18.2 Å². The maximum absolute atomic E-state index is 15.0. The maximum atomic E-state index is 15.0. The monoisotopic (exact) mass is 634 g/mol. The van der Waals surface area contributed by atoms with Gasteiger partial charge in [0.2, 0.25) is 11.9 Å². The fourth-order valence-electron chi connectivity index (χ4n) is 4.83. The van der Waals surface area contributed by atoms with Crippen molar-refractivity contribution in [3.8, 4) is 27.8 Å². The first-order chi connectivity index (χ1) is 21.5. The molecule has 14 heteroatoms. The Bertz CT molecular complexity index is 1770. The third-order valence-electron chi connectivity index (χ3n) is 6.88. The second-order valence-corrected chi connectivity index (χ2v) is 12.4. The summed E-state index contributed by atoms with van der Waals surface area (Å²) in [6, 6.07) is 10.5. The number of carbonyl (C=O) groups excluding carboxylic acids is 2. The predicted octanol–water partition coefficient (Wildman–Crippen LogP) is 5.79. The van der Waals surface area contributed by atoms with Gasteiger partial charge in [-0.05, 0) is 43.4 Å². The number of thiophene rings is 1. The minimum atomic E-state index is -0.749. The van der Waals surface area contributed by atoms with E-state index in [4.69, 9.17) is 10.00 Å². The molecule has 0 unspecified atom stereocenters. The molecule has 0 spiro atoms. The van der Waals surface area contributed by atoms with E-state index >= 15 is 4.39 Å². The first kappa shape index (κ1) is 31.5. The van der Waals surface area contributed by atoms with E-state index in [9.17, 15) is 14.0 Å².